The van der Waals surface area contributed by atoms with Gasteiger partial charge in [0.15, 0.2) is 0 Å². The molecule has 1 aromatic carbocycles. The smallest absolute Gasteiger partial charge is 0.331 e. The van der Waals surface area contributed by atoms with E-state index < -0.39 is 11.9 Å². The summed E-state index contributed by atoms with van der Waals surface area (Å²) in [4.78, 5) is 45.4. The van der Waals surface area contributed by atoms with Crippen molar-refractivity contribution < 1.29 is 38.7 Å². The molecule has 1 aromatic heterocycles. The Kier molecular flexibility index (Phi) is 15.7. The van der Waals surface area contributed by atoms with Gasteiger partial charge in [-0.3, -0.25) is 14.4 Å². The van der Waals surface area contributed by atoms with E-state index >= 15 is 0 Å². The monoisotopic (exact) mass is 695 g/mol. The first-order valence-corrected chi connectivity index (χ1v) is 17.7. The molecule has 278 valence electrons. The Morgan fingerprint density at radius 1 is 0.860 bits per heavy atom. The van der Waals surface area contributed by atoms with Crippen LogP contribution in [0, 0.1) is 65.2 Å². The quantitative estimate of drug-likeness (QED) is 0.220. The van der Waals surface area contributed by atoms with Crippen molar-refractivity contribution in [3.8, 4) is 0 Å². The van der Waals surface area contributed by atoms with E-state index in [-0.39, 0.29) is 37.4 Å². The van der Waals surface area contributed by atoms with E-state index in [1.807, 2.05) is 13.8 Å². The van der Waals surface area contributed by atoms with Crippen LogP contribution < -0.4 is 0 Å². The molecule has 0 spiro atoms. The number of benzene rings is 1. The van der Waals surface area contributed by atoms with Crippen molar-refractivity contribution in [3.05, 3.63) is 62.0 Å². The Morgan fingerprint density at radius 2 is 1.38 bits per heavy atom. The summed E-state index contributed by atoms with van der Waals surface area (Å²) in [6.07, 6.45) is 8.06. The van der Waals surface area contributed by atoms with E-state index in [0.717, 1.165) is 54.7 Å². The van der Waals surface area contributed by atoms with E-state index in [2.05, 4.69) is 53.6 Å². The Bertz CT molecular complexity index is 1530. The number of carboxylic acids is 2. The van der Waals surface area contributed by atoms with Gasteiger partial charge in [-0.25, -0.2) is 4.79 Å². The van der Waals surface area contributed by atoms with E-state index in [0.29, 0.717) is 48.5 Å². The Labute approximate surface area is 299 Å². The molecular formula is C41H61NO8. The Balaban J connectivity index is 0.000000415. The topological polar surface area (TPSA) is 144 Å². The van der Waals surface area contributed by atoms with Gasteiger partial charge < -0.3 is 19.5 Å². The number of esters is 1. The molecule has 0 radical (unpaired) electrons. The number of ether oxygens (including phenoxy) is 1. The standard InChI is InChI=1S/C28H39NO4.C6H10O2.C6H8O2.CH4/c1-15-11-23(12-15)28-21(7)27(29-33-28)22(9-10-26(31)32-8)13-24(30)14-25-19(5)17(3)16(2)18(4)20(25)6;2*1-4-2-5(3-4)6(7)8;/h15,22-23H,9-14H2,1-8H3;4-5H,2-3H2,1H3,(H,7,8);2,4H,3H2,1H3,(H,7,8);1H4. The predicted octanol–water partition coefficient (Wildman–Crippen LogP) is 9.07. The molecule has 9 heteroatoms. The third kappa shape index (κ3) is 10.6. The SMILES string of the molecule is C.CC1C=C(C(=O)O)C1.CC1CC(C(=O)O)C1.COC(=O)CCC(CC(=O)Cc1c(C)c(C)c(C)c(C)c1C)c1noc(C2CC(C)C2)c1C. The number of methoxy groups -OCH3 is 1. The van der Waals surface area contributed by atoms with Crippen LogP contribution in [-0.4, -0.2) is 46.2 Å². The zero-order chi connectivity index (χ0) is 36.7. The molecule has 2 saturated carbocycles. The van der Waals surface area contributed by atoms with Crippen molar-refractivity contribution in [2.45, 2.75) is 139 Å². The number of aliphatic carboxylic acids is 2. The summed E-state index contributed by atoms with van der Waals surface area (Å²) < 4.78 is 10.6. The molecule has 3 aliphatic rings. The number of rotatable bonds is 11. The predicted molar refractivity (Wildman–Crippen MR) is 196 cm³/mol. The van der Waals surface area contributed by atoms with Crippen molar-refractivity contribution in [3.63, 3.8) is 0 Å². The second kappa shape index (κ2) is 18.5. The average molecular weight is 696 g/mol. The lowest BCUT2D eigenvalue weighted by atomic mass is 9.73. The van der Waals surface area contributed by atoms with Crippen molar-refractivity contribution in [1.82, 2.24) is 5.16 Å². The van der Waals surface area contributed by atoms with Crippen LogP contribution in [0.3, 0.4) is 0 Å². The van der Waals surface area contributed by atoms with Crippen LogP contribution in [0.2, 0.25) is 0 Å². The second-order valence-electron chi connectivity index (χ2n) is 15.0. The summed E-state index contributed by atoms with van der Waals surface area (Å²) in [6, 6.07) is 0. The average Bonchev–Trinajstić information content (AvgIpc) is 3.38. The number of nitrogens with zero attached hydrogens (tertiary/aromatic N) is 1. The van der Waals surface area contributed by atoms with Gasteiger partial charge in [-0.2, -0.15) is 0 Å². The number of carbonyl (C=O) groups excluding carboxylic acids is 2. The van der Waals surface area contributed by atoms with Gasteiger partial charge in [-0.1, -0.05) is 39.4 Å². The maximum absolute atomic E-state index is 13.3. The van der Waals surface area contributed by atoms with Gasteiger partial charge in [0.1, 0.15) is 11.5 Å². The first-order chi connectivity index (χ1) is 22.9. The van der Waals surface area contributed by atoms with Crippen LogP contribution in [-0.2, 0) is 30.3 Å². The maximum atomic E-state index is 13.3. The van der Waals surface area contributed by atoms with E-state index in [1.54, 1.807) is 6.08 Å². The first kappa shape index (κ1) is 42.4. The molecule has 0 amide bonds. The lowest BCUT2D eigenvalue weighted by Crippen LogP contribution is -2.28. The largest absolute Gasteiger partial charge is 0.481 e. The fourth-order valence-electron chi connectivity index (χ4n) is 7.28. The molecular weight excluding hydrogens is 634 g/mol. The van der Waals surface area contributed by atoms with Gasteiger partial charge in [0, 0.05) is 42.2 Å². The van der Waals surface area contributed by atoms with Crippen LogP contribution in [0.15, 0.2) is 16.2 Å². The minimum atomic E-state index is -0.761. The minimum Gasteiger partial charge on any atom is -0.481 e. The van der Waals surface area contributed by atoms with Crippen LogP contribution in [0.4, 0.5) is 0 Å². The highest BCUT2D eigenvalue weighted by Crippen LogP contribution is 2.44. The third-order valence-corrected chi connectivity index (χ3v) is 11.1. The van der Waals surface area contributed by atoms with Crippen LogP contribution in [0.25, 0.3) is 0 Å². The van der Waals surface area contributed by atoms with E-state index in [1.165, 1.54) is 34.9 Å². The molecule has 50 heavy (non-hydrogen) atoms. The molecule has 0 bridgehead atoms. The first-order valence-electron chi connectivity index (χ1n) is 17.7. The number of hydrogen-bond donors (Lipinski definition) is 2. The number of ketones is 1. The summed E-state index contributed by atoms with van der Waals surface area (Å²) in [5.74, 6) is 1.57. The molecule has 2 aromatic rings. The fraction of sp³-hybridized carbons (Fsp3) is 0.634. The van der Waals surface area contributed by atoms with Crippen molar-refractivity contribution in [2.75, 3.05) is 7.11 Å². The number of carbonyl (C=O) groups is 4. The lowest BCUT2D eigenvalue weighted by molar-refractivity contribution is -0.146. The summed E-state index contributed by atoms with van der Waals surface area (Å²) in [6.45, 7) is 19.0. The zero-order valence-electron chi connectivity index (χ0n) is 31.2. The van der Waals surface area contributed by atoms with E-state index in [9.17, 15) is 19.2 Å². The van der Waals surface area contributed by atoms with Crippen LogP contribution in [0.5, 0.6) is 0 Å². The Hall–Kier alpha value is -3.75. The molecule has 0 saturated heterocycles. The number of carboxylic acid groups (broad SMARTS) is 2. The zero-order valence-corrected chi connectivity index (χ0v) is 31.2. The van der Waals surface area contributed by atoms with Crippen LogP contribution in [0.1, 0.15) is 142 Å². The summed E-state index contributed by atoms with van der Waals surface area (Å²) in [5.41, 5.74) is 9.79. The molecule has 5 rings (SSSR count). The summed E-state index contributed by atoms with van der Waals surface area (Å²) in [7, 11) is 1.40. The molecule has 2 N–H and O–H groups in total. The van der Waals surface area contributed by atoms with Gasteiger partial charge in [0.2, 0.25) is 0 Å². The normalized spacial score (nSPS) is 22.3. The molecule has 2 unspecified atom stereocenters. The molecule has 3 aliphatic carbocycles. The molecule has 9 nitrogen and oxygen atoms in total. The summed E-state index contributed by atoms with van der Waals surface area (Å²) >= 11 is 0. The molecule has 2 atom stereocenters. The second-order valence-corrected chi connectivity index (χ2v) is 15.0. The minimum absolute atomic E-state index is 0. The lowest BCUT2D eigenvalue weighted by Gasteiger charge is -2.30. The van der Waals surface area contributed by atoms with Gasteiger partial charge >= 0.3 is 17.9 Å². The highest BCUT2D eigenvalue weighted by atomic mass is 16.5. The number of allylic oxidation sites excluding steroid dienone is 1. The maximum Gasteiger partial charge on any atom is 0.331 e. The van der Waals surface area contributed by atoms with Crippen molar-refractivity contribution >= 4 is 23.7 Å². The van der Waals surface area contributed by atoms with Crippen molar-refractivity contribution in [2.24, 2.45) is 23.7 Å². The van der Waals surface area contributed by atoms with Gasteiger partial charge in [0.25, 0.3) is 0 Å². The van der Waals surface area contributed by atoms with Gasteiger partial charge in [-0.15, -0.1) is 0 Å². The number of aromatic nitrogens is 1. The van der Waals surface area contributed by atoms with Gasteiger partial charge in [-0.05, 0) is 131 Å². The fourth-order valence-corrected chi connectivity index (χ4v) is 7.28. The molecule has 2 fully saturated rings. The summed E-state index contributed by atoms with van der Waals surface area (Å²) in [5, 5.41) is 21.0. The molecule has 0 aliphatic heterocycles. The Morgan fingerprint density at radius 3 is 1.78 bits per heavy atom. The highest BCUT2D eigenvalue weighted by molar-refractivity contribution is 5.88. The van der Waals surface area contributed by atoms with Crippen molar-refractivity contribution in [1.29, 1.82) is 0 Å². The van der Waals surface area contributed by atoms with Gasteiger partial charge in [0.05, 0.1) is 18.7 Å². The van der Waals surface area contributed by atoms with Crippen LogP contribution >= 0.6 is 0 Å². The highest BCUT2D eigenvalue weighted by Gasteiger charge is 2.34. The third-order valence-electron chi connectivity index (χ3n) is 11.1. The number of Topliss-reactive ketones (excluding diaryl/α,β-unsaturated/α-hetero) is 1. The molecule has 1 heterocycles. The van der Waals surface area contributed by atoms with E-state index in [4.69, 9.17) is 19.5 Å². The number of hydrogen-bond acceptors (Lipinski definition) is 7.